The van der Waals surface area contributed by atoms with Gasteiger partial charge in [0, 0.05) is 11.3 Å². The third kappa shape index (κ3) is 5.87. The maximum absolute atomic E-state index is 11.7. The van der Waals surface area contributed by atoms with Gasteiger partial charge in [0.05, 0.1) is 13.3 Å². The smallest absolute Gasteiger partial charge is 0.319 e. The van der Waals surface area contributed by atoms with Crippen LogP contribution in [0.3, 0.4) is 0 Å². The van der Waals surface area contributed by atoms with Crippen LogP contribution in [0.5, 0.6) is 11.5 Å². The van der Waals surface area contributed by atoms with Crippen molar-refractivity contribution < 1.29 is 19.4 Å². The molecule has 8 heteroatoms. The number of para-hydroxylation sites is 1. The van der Waals surface area contributed by atoms with E-state index in [1.54, 1.807) is 49.6 Å². The Morgan fingerprint density at radius 2 is 1.88 bits per heavy atom. The molecule has 130 valence electrons. The number of carbonyl (C=O) groups is 2. The highest BCUT2D eigenvalue weighted by Gasteiger charge is 2.05. The van der Waals surface area contributed by atoms with Gasteiger partial charge in [0.15, 0.2) is 0 Å². The topological polar surface area (TPSA) is 112 Å². The number of ether oxygens (including phenoxy) is 1. The van der Waals surface area contributed by atoms with E-state index < -0.39 is 11.9 Å². The van der Waals surface area contributed by atoms with E-state index in [9.17, 15) is 14.7 Å². The Kier molecular flexibility index (Phi) is 6.35. The van der Waals surface area contributed by atoms with Crippen molar-refractivity contribution in [3.8, 4) is 11.5 Å². The molecular formula is C17H18N4O4. The van der Waals surface area contributed by atoms with Crippen molar-refractivity contribution in [2.45, 2.75) is 0 Å². The van der Waals surface area contributed by atoms with Crippen LogP contribution < -0.4 is 20.8 Å². The molecule has 0 atom stereocenters. The van der Waals surface area contributed by atoms with Gasteiger partial charge in [0.25, 0.3) is 5.91 Å². The average Bonchev–Trinajstić information content (AvgIpc) is 2.62. The lowest BCUT2D eigenvalue weighted by Crippen LogP contribution is -2.37. The lowest BCUT2D eigenvalue weighted by molar-refractivity contribution is -0.120. The predicted molar refractivity (Wildman–Crippen MR) is 93.9 cm³/mol. The normalized spacial score (nSPS) is 10.3. The first-order valence-corrected chi connectivity index (χ1v) is 7.37. The fourth-order valence-corrected chi connectivity index (χ4v) is 1.82. The van der Waals surface area contributed by atoms with Gasteiger partial charge >= 0.3 is 6.03 Å². The molecule has 25 heavy (non-hydrogen) atoms. The molecule has 0 aliphatic carbocycles. The van der Waals surface area contributed by atoms with Crippen molar-refractivity contribution in [2.75, 3.05) is 19.0 Å². The lowest BCUT2D eigenvalue weighted by Gasteiger charge is -2.07. The van der Waals surface area contributed by atoms with E-state index in [-0.39, 0.29) is 12.3 Å². The van der Waals surface area contributed by atoms with Crippen molar-refractivity contribution >= 4 is 23.8 Å². The summed E-state index contributed by atoms with van der Waals surface area (Å²) in [5.41, 5.74) is 3.28. The summed E-state index contributed by atoms with van der Waals surface area (Å²) in [7, 11) is 1.55. The van der Waals surface area contributed by atoms with Gasteiger partial charge in [0.1, 0.15) is 18.0 Å². The number of hydrogen-bond donors (Lipinski definition) is 4. The fraction of sp³-hybridized carbons (Fsp3) is 0.118. The zero-order valence-electron chi connectivity index (χ0n) is 13.5. The number of nitrogens with zero attached hydrogens (tertiary/aromatic N) is 1. The van der Waals surface area contributed by atoms with Crippen LogP contribution in [0, 0.1) is 0 Å². The van der Waals surface area contributed by atoms with Gasteiger partial charge in [-0.3, -0.25) is 4.79 Å². The Balaban J connectivity index is 1.73. The van der Waals surface area contributed by atoms with Crippen molar-refractivity contribution in [1.82, 2.24) is 10.7 Å². The summed E-state index contributed by atoms with van der Waals surface area (Å²) in [6.07, 6.45) is 1.31. The van der Waals surface area contributed by atoms with Crippen LogP contribution in [0.2, 0.25) is 0 Å². The summed E-state index contributed by atoms with van der Waals surface area (Å²) in [6, 6.07) is 12.8. The number of amides is 3. The van der Waals surface area contributed by atoms with E-state index in [2.05, 4.69) is 21.2 Å². The van der Waals surface area contributed by atoms with Gasteiger partial charge in [-0.15, -0.1) is 0 Å². The molecule has 2 aromatic carbocycles. The van der Waals surface area contributed by atoms with E-state index in [4.69, 9.17) is 4.74 Å². The SMILES string of the molecule is COc1ccc(NC(=O)NCC(=O)N/N=C\c2ccccc2O)cc1. The van der Waals surface area contributed by atoms with Gasteiger partial charge in [0.2, 0.25) is 0 Å². The van der Waals surface area contributed by atoms with Crippen LogP contribution in [-0.4, -0.2) is 36.9 Å². The second-order valence-electron chi connectivity index (χ2n) is 4.89. The quantitative estimate of drug-likeness (QED) is 0.472. The summed E-state index contributed by atoms with van der Waals surface area (Å²) in [6.45, 7) is -0.250. The van der Waals surface area contributed by atoms with E-state index >= 15 is 0 Å². The molecule has 8 nitrogen and oxygen atoms in total. The molecule has 3 amide bonds. The number of phenolic OH excluding ortho intramolecular Hbond substituents is 1. The van der Waals surface area contributed by atoms with Crippen molar-refractivity contribution in [1.29, 1.82) is 0 Å². The maximum Gasteiger partial charge on any atom is 0.319 e. The van der Waals surface area contributed by atoms with Crippen molar-refractivity contribution in [3.63, 3.8) is 0 Å². The minimum absolute atomic E-state index is 0.0532. The molecule has 0 spiro atoms. The molecule has 0 bridgehead atoms. The van der Waals surface area contributed by atoms with Crippen LogP contribution in [-0.2, 0) is 4.79 Å². The Morgan fingerprint density at radius 1 is 1.16 bits per heavy atom. The van der Waals surface area contributed by atoms with Gasteiger partial charge in [-0.1, -0.05) is 12.1 Å². The molecule has 0 aliphatic heterocycles. The Labute approximate surface area is 144 Å². The number of hydrazone groups is 1. The van der Waals surface area contributed by atoms with Crippen molar-refractivity contribution in [2.24, 2.45) is 5.10 Å². The van der Waals surface area contributed by atoms with Crippen LogP contribution in [0.15, 0.2) is 53.6 Å². The lowest BCUT2D eigenvalue weighted by atomic mass is 10.2. The number of carbonyl (C=O) groups excluding carboxylic acids is 2. The van der Waals surface area contributed by atoms with E-state index in [0.29, 0.717) is 17.0 Å². The van der Waals surface area contributed by atoms with Gasteiger partial charge < -0.3 is 20.5 Å². The molecule has 2 rings (SSSR count). The molecule has 0 radical (unpaired) electrons. The van der Waals surface area contributed by atoms with Crippen LogP contribution in [0.1, 0.15) is 5.56 Å². The number of nitrogens with one attached hydrogen (secondary N) is 3. The van der Waals surface area contributed by atoms with Crippen LogP contribution in [0.4, 0.5) is 10.5 Å². The second-order valence-corrected chi connectivity index (χ2v) is 4.89. The Hall–Kier alpha value is -3.55. The summed E-state index contributed by atoms with van der Waals surface area (Å²) >= 11 is 0. The molecule has 0 unspecified atom stereocenters. The summed E-state index contributed by atoms with van der Waals surface area (Å²) in [5.74, 6) is 0.224. The van der Waals surface area contributed by atoms with Gasteiger partial charge in [-0.25, -0.2) is 10.2 Å². The maximum atomic E-state index is 11.7. The molecular weight excluding hydrogens is 324 g/mol. The monoisotopic (exact) mass is 342 g/mol. The standard InChI is InChI=1S/C17H18N4O4/c1-25-14-8-6-13(7-9-14)20-17(24)18-11-16(23)21-19-10-12-4-2-3-5-15(12)22/h2-10,22H,11H2,1H3,(H,21,23)(H2,18,20,24)/b19-10-. The highest BCUT2D eigenvalue weighted by atomic mass is 16.5. The minimum Gasteiger partial charge on any atom is -0.507 e. The largest absolute Gasteiger partial charge is 0.507 e. The van der Waals surface area contributed by atoms with Gasteiger partial charge in [-0.05, 0) is 36.4 Å². The summed E-state index contributed by atoms with van der Waals surface area (Å²) < 4.78 is 5.02. The highest BCUT2D eigenvalue weighted by Crippen LogP contribution is 2.14. The molecule has 2 aromatic rings. The second kappa shape index (κ2) is 8.92. The number of rotatable bonds is 6. The Morgan fingerprint density at radius 3 is 2.56 bits per heavy atom. The Bertz CT molecular complexity index is 759. The summed E-state index contributed by atoms with van der Waals surface area (Å²) in [5, 5.41) is 18.2. The number of urea groups is 1. The van der Waals surface area contributed by atoms with Gasteiger partial charge in [-0.2, -0.15) is 5.10 Å². The summed E-state index contributed by atoms with van der Waals surface area (Å²) in [4.78, 5) is 23.3. The molecule has 0 saturated heterocycles. The van der Waals surface area contributed by atoms with E-state index in [1.807, 2.05) is 0 Å². The molecule has 0 fully saturated rings. The fourth-order valence-electron chi connectivity index (χ4n) is 1.82. The molecule has 0 aliphatic rings. The molecule has 0 aromatic heterocycles. The first-order valence-electron chi connectivity index (χ1n) is 7.37. The highest BCUT2D eigenvalue weighted by molar-refractivity contribution is 5.92. The first kappa shape index (κ1) is 17.8. The number of aromatic hydroxyl groups is 1. The number of hydrogen-bond acceptors (Lipinski definition) is 5. The van der Waals surface area contributed by atoms with Crippen LogP contribution in [0.25, 0.3) is 0 Å². The predicted octanol–water partition coefficient (Wildman–Crippen LogP) is 1.67. The third-order valence-electron chi connectivity index (χ3n) is 3.09. The number of anilines is 1. The van der Waals surface area contributed by atoms with Crippen LogP contribution >= 0.6 is 0 Å². The number of methoxy groups -OCH3 is 1. The van der Waals surface area contributed by atoms with Crippen molar-refractivity contribution in [3.05, 3.63) is 54.1 Å². The zero-order valence-corrected chi connectivity index (χ0v) is 13.5. The zero-order chi connectivity index (χ0) is 18.1. The number of phenols is 1. The molecule has 0 heterocycles. The third-order valence-corrected chi connectivity index (χ3v) is 3.09. The molecule has 0 saturated carbocycles. The molecule has 4 N–H and O–H groups in total. The first-order chi connectivity index (χ1) is 12.1. The average molecular weight is 342 g/mol. The van der Waals surface area contributed by atoms with E-state index in [1.165, 1.54) is 12.3 Å². The number of benzene rings is 2. The minimum atomic E-state index is -0.523. The van der Waals surface area contributed by atoms with E-state index in [0.717, 1.165) is 0 Å².